The van der Waals surface area contributed by atoms with Crippen molar-refractivity contribution in [1.29, 1.82) is 0 Å². The van der Waals surface area contributed by atoms with E-state index in [0.29, 0.717) is 25.4 Å². The molecule has 5 nitrogen and oxygen atoms in total. The average molecular weight is 315 g/mol. The lowest BCUT2D eigenvalue weighted by atomic mass is 10.1. The van der Waals surface area contributed by atoms with Crippen LogP contribution in [-0.4, -0.2) is 42.4 Å². The first-order chi connectivity index (χ1) is 11.0. The Morgan fingerprint density at radius 1 is 1.26 bits per heavy atom. The second kappa shape index (κ2) is 6.32. The van der Waals surface area contributed by atoms with Crippen molar-refractivity contribution in [3.8, 4) is 0 Å². The number of benzene rings is 1. The van der Waals surface area contributed by atoms with Gasteiger partial charge in [0.15, 0.2) is 0 Å². The topological polar surface area (TPSA) is 66.6 Å². The largest absolute Gasteiger partial charge is 0.339 e. The number of likely N-dealkylation sites (tertiary alicyclic amines) is 1. The van der Waals surface area contributed by atoms with E-state index in [2.05, 4.69) is 6.92 Å². The molecule has 124 valence electrons. The van der Waals surface area contributed by atoms with E-state index in [-0.39, 0.29) is 23.8 Å². The fourth-order valence-electron chi connectivity index (χ4n) is 3.70. The zero-order valence-electron chi connectivity index (χ0n) is 13.9. The van der Waals surface area contributed by atoms with E-state index in [4.69, 9.17) is 5.73 Å². The molecule has 5 heteroatoms. The number of amides is 2. The Balaban J connectivity index is 1.69. The number of carbonyl (C=O) groups excluding carboxylic acids is 2. The summed E-state index contributed by atoms with van der Waals surface area (Å²) in [6, 6.07) is 8.10. The van der Waals surface area contributed by atoms with Crippen molar-refractivity contribution >= 4 is 17.5 Å². The molecule has 2 N–H and O–H groups in total. The van der Waals surface area contributed by atoms with Crippen molar-refractivity contribution in [2.24, 2.45) is 17.6 Å². The van der Waals surface area contributed by atoms with Crippen LogP contribution in [0.5, 0.6) is 0 Å². The lowest BCUT2D eigenvalue weighted by Crippen LogP contribution is -2.39. The molecule has 1 aromatic carbocycles. The molecular weight excluding hydrogens is 290 g/mol. The molecule has 0 aliphatic carbocycles. The minimum Gasteiger partial charge on any atom is -0.339 e. The van der Waals surface area contributed by atoms with Gasteiger partial charge in [0.2, 0.25) is 11.8 Å². The van der Waals surface area contributed by atoms with Crippen LogP contribution in [0, 0.1) is 18.8 Å². The summed E-state index contributed by atoms with van der Waals surface area (Å²) in [6.45, 7) is 5.92. The van der Waals surface area contributed by atoms with Crippen LogP contribution in [0.2, 0.25) is 0 Å². The molecule has 0 bridgehead atoms. The van der Waals surface area contributed by atoms with Crippen LogP contribution in [0.4, 0.5) is 5.69 Å². The highest BCUT2D eigenvalue weighted by Crippen LogP contribution is 2.30. The Bertz CT molecular complexity index is 599. The maximum Gasteiger partial charge on any atom is 0.228 e. The Morgan fingerprint density at radius 3 is 2.57 bits per heavy atom. The molecular formula is C18H25N3O2. The predicted octanol–water partition coefficient (Wildman–Crippen LogP) is 1.54. The molecule has 0 saturated carbocycles. The van der Waals surface area contributed by atoms with Gasteiger partial charge in [-0.25, -0.2) is 0 Å². The van der Waals surface area contributed by atoms with Gasteiger partial charge in [-0.15, -0.1) is 0 Å². The molecule has 0 radical (unpaired) electrons. The van der Waals surface area contributed by atoms with Gasteiger partial charge in [0.1, 0.15) is 0 Å². The van der Waals surface area contributed by atoms with Gasteiger partial charge in [-0.05, 0) is 44.9 Å². The summed E-state index contributed by atoms with van der Waals surface area (Å²) in [4.78, 5) is 28.8. The highest BCUT2D eigenvalue weighted by molar-refractivity contribution is 6.00. The molecule has 3 rings (SSSR count). The van der Waals surface area contributed by atoms with E-state index < -0.39 is 0 Å². The van der Waals surface area contributed by atoms with Gasteiger partial charge in [0, 0.05) is 31.2 Å². The molecule has 3 unspecified atom stereocenters. The Morgan fingerprint density at radius 2 is 1.96 bits per heavy atom. The first-order valence-corrected chi connectivity index (χ1v) is 8.37. The van der Waals surface area contributed by atoms with Crippen LogP contribution in [0.1, 0.15) is 25.3 Å². The van der Waals surface area contributed by atoms with Gasteiger partial charge in [-0.3, -0.25) is 9.59 Å². The van der Waals surface area contributed by atoms with E-state index in [9.17, 15) is 9.59 Å². The SMILES string of the molecule is Cc1ccc(N2CC(C(=O)N3CC(CN)CC3C)CC2=O)cc1. The van der Waals surface area contributed by atoms with Crippen molar-refractivity contribution in [3.05, 3.63) is 29.8 Å². The lowest BCUT2D eigenvalue weighted by molar-refractivity contribution is -0.136. The Labute approximate surface area is 137 Å². The molecule has 0 aromatic heterocycles. The standard InChI is InChI=1S/C18H25N3O2/c1-12-3-5-16(6-4-12)21-11-15(8-17(21)22)18(23)20-10-14(9-19)7-13(20)2/h3-6,13-15H,7-11,19H2,1-2H3. The summed E-state index contributed by atoms with van der Waals surface area (Å²) >= 11 is 0. The van der Waals surface area contributed by atoms with Crippen LogP contribution < -0.4 is 10.6 Å². The third kappa shape index (κ3) is 3.11. The third-order valence-corrected chi connectivity index (χ3v) is 5.10. The summed E-state index contributed by atoms with van der Waals surface area (Å²) < 4.78 is 0. The van der Waals surface area contributed by atoms with Crippen molar-refractivity contribution in [3.63, 3.8) is 0 Å². The number of aryl methyl sites for hydroxylation is 1. The monoisotopic (exact) mass is 315 g/mol. The maximum absolute atomic E-state index is 12.8. The molecule has 3 atom stereocenters. The molecule has 2 saturated heterocycles. The zero-order chi connectivity index (χ0) is 16.6. The summed E-state index contributed by atoms with van der Waals surface area (Å²) in [5, 5.41) is 0. The molecule has 2 fully saturated rings. The number of anilines is 1. The van der Waals surface area contributed by atoms with Crippen LogP contribution in [-0.2, 0) is 9.59 Å². The van der Waals surface area contributed by atoms with E-state index in [1.165, 1.54) is 0 Å². The number of rotatable bonds is 3. The van der Waals surface area contributed by atoms with E-state index >= 15 is 0 Å². The minimum atomic E-state index is -0.234. The van der Waals surface area contributed by atoms with Crippen LogP contribution in [0.25, 0.3) is 0 Å². The molecule has 2 heterocycles. The summed E-state index contributed by atoms with van der Waals surface area (Å²) in [7, 11) is 0. The second-order valence-corrected chi connectivity index (χ2v) is 6.92. The first kappa shape index (κ1) is 16.0. The molecule has 23 heavy (non-hydrogen) atoms. The highest BCUT2D eigenvalue weighted by Gasteiger charge is 2.40. The van der Waals surface area contributed by atoms with Gasteiger partial charge >= 0.3 is 0 Å². The number of carbonyl (C=O) groups is 2. The molecule has 2 amide bonds. The first-order valence-electron chi connectivity index (χ1n) is 8.37. The second-order valence-electron chi connectivity index (χ2n) is 6.92. The lowest BCUT2D eigenvalue weighted by Gasteiger charge is -2.25. The number of hydrogen-bond donors (Lipinski definition) is 1. The fraction of sp³-hybridized carbons (Fsp3) is 0.556. The average Bonchev–Trinajstić information content (AvgIpc) is 3.10. The normalized spacial score (nSPS) is 27.8. The number of nitrogens with zero attached hydrogens (tertiary/aromatic N) is 2. The molecule has 1 aromatic rings. The van der Waals surface area contributed by atoms with Crippen LogP contribution in [0.3, 0.4) is 0 Å². The van der Waals surface area contributed by atoms with Crippen LogP contribution >= 0.6 is 0 Å². The van der Waals surface area contributed by atoms with E-state index in [1.54, 1.807) is 4.90 Å². The number of hydrogen-bond acceptors (Lipinski definition) is 3. The van der Waals surface area contributed by atoms with Gasteiger partial charge in [-0.1, -0.05) is 17.7 Å². The summed E-state index contributed by atoms with van der Waals surface area (Å²) in [6.07, 6.45) is 1.27. The van der Waals surface area contributed by atoms with E-state index in [1.807, 2.05) is 36.1 Å². The zero-order valence-corrected chi connectivity index (χ0v) is 13.9. The highest BCUT2D eigenvalue weighted by atomic mass is 16.2. The smallest absolute Gasteiger partial charge is 0.228 e. The molecule has 0 spiro atoms. The third-order valence-electron chi connectivity index (χ3n) is 5.10. The summed E-state index contributed by atoms with van der Waals surface area (Å²) in [5.41, 5.74) is 7.78. The fourth-order valence-corrected chi connectivity index (χ4v) is 3.70. The quantitative estimate of drug-likeness (QED) is 0.920. The van der Waals surface area contributed by atoms with Crippen molar-refractivity contribution in [1.82, 2.24) is 4.90 Å². The van der Waals surface area contributed by atoms with Gasteiger partial charge < -0.3 is 15.5 Å². The molecule has 2 aliphatic rings. The number of nitrogens with two attached hydrogens (primary N) is 1. The van der Waals surface area contributed by atoms with Gasteiger partial charge in [0.25, 0.3) is 0 Å². The Hall–Kier alpha value is -1.88. The minimum absolute atomic E-state index is 0.0365. The van der Waals surface area contributed by atoms with Gasteiger partial charge in [0.05, 0.1) is 5.92 Å². The Kier molecular flexibility index (Phi) is 4.39. The maximum atomic E-state index is 12.8. The predicted molar refractivity (Wildman–Crippen MR) is 90.0 cm³/mol. The van der Waals surface area contributed by atoms with Crippen molar-refractivity contribution in [2.75, 3.05) is 24.5 Å². The van der Waals surface area contributed by atoms with E-state index in [0.717, 1.165) is 24.2 Å². The van der Waals surface area contributed by atoms with Crippen LogP contribution in [0.15, 0.2) is 24.3 Å². The van der Waals surface area contributed by atoms with Crippen molar-refractivity contribution in [2.45, 2.75) is 32.7 Å². The van der Waals surface area contributed by atoms with Gasteiger partial charge in [-0.2, -0.15) is 0 Å². The molecule has 2 aliphatic heterocycles. The summed E-state index contributed by atoms with van der Waals surface area (Å²) in [5.74, 6) is 0.299. The van der Waals surface area contributed by atoms with Crippen molar-refractivity contribution < 1.29 is 9.59 Å².